The number of rotatable bonds is 3. The van der Waals surface area contributed by atoms with E-state index in [4.69, 9.17) is 4.84 Å². The number of hydrogen-bond donors (Lipinski definition) is 0. The van der Waals surface area contributed by atoms with Crippen LogP contribution in [0.5, 0.6) is 0 Å². The van der Waals surface area contributed by atoms with Gasteiger partial charge in [-0.25, -0.2) is 5.06 Å². The number of carbonyl (C=O) groups is 1. The van der Waals surface area contributed by atoms with Crippen LogP contribution >= 0.6 is 0 Å². The van der Waals surface area contributed by atoms with Crippen LogP contribution in [0.2, 0.25) is 0 Å². The Morgan fingerprint density at radius 2 is 1.90 bits per heavy atom. The third-order valence-electron chi connectivity index (χ3n) is 5.83. The predicted octanol–water partition coefficient (Wildman–Crippen LogP) is 3.96. The SMILES string of the molecule is CON(/C=C1\C(=O)C2(C)CCC1C2(C)C)c1ccccc1. The van der Waals surface area contributed by atoms with Crippen molar-refractivity contribution in [2.45, 2.75) is 33.6 Å². The zero-order valence-electron chi connectivity index (χ0n) is 13.2. The molecule has 3 rings (SSSR count). The Labute approximate surface area is 126 Å². The Morgan fingerprint density at radius 1 is 1.24 bits per heavy atom. The summed E-state index contributed by atoms with van der Waals surface area (Å²) in [6.07, 6.45) is 3.99. The van der Waals surface area contributed by atoms with Gasteiger partial charge >= 0.3 is 0 Å². The number of carbonyl (C=O) groups excluding carboxylic acids is 1. The molecule has 3 nitrogen and oxygen atoms in total. The second-order valence-electron chi connectivity index (χ2n) is 6.90. The summed E-state index contributed by atoms with van der Waals surface area (Å²) in [4.78, 5) is 18.3. The van der Waals surface area contributed by atoms with E-state index in [1.807, 2.05) is 36.5 Å². The lowest BCUT2D eigenvalue weighted by Crippen LogP contribution is -2.32. The van der Waals surface area contributed by atoms with Crippen LogP contribution in [0, 0.1) is 16.7 Å². The summed E-state index contributed by atoms with van der Waals surface area (Å²) in [5, 5.41) is 1.70. The van der Waals surface area contributed by atoms with Gasteiger partial charge < -0.3 is 0 Å². The van der Waals surface area contributed by atoms with Crippen molar-refractivity contribution in [1.82, 2.24) is 0 Å². The van der Waals surface area contributed by atoms with Crippen molar-refractivity contribution >= 4 is 11.5 Å². The molecule has 0 aliphatic heterocycles. The lowest BCUT2D eigenvalue weighted by atomic mass is 9.70. The maximum absolute atomic E-state index is 12.8. The van der Waals surface area contributed by atoms with Crippen molar-refractivity contribution in [3.63, 3.8) is 0 Å². The monoisotopic (exact) mass is 285 g/mol. The van der Waals surface area contributed by atoms with Crippen LogP contribution in [0.15, 0.2) is 42.1 Å². The van der Waals surface area contributed by atoms with Gasteiger partial charge in [-0.05, 0) is 36.3 Å². The van der Waals surface area contributed by atoms with Gasteiger partial charge in [-0.15, -0.1) is 0 Å². The number of anilines is 1. The second-order valence-corrected chi connectivity index (χ2v) is 6.90. The Morgan fingerprint density at radius 3 is 2.43 bits per heavy atom. The molecule has 2 bridgehead atoms. The fourth-order valence-electron chi connectivity index (χ4n) is 4.01. The van der Waals surface area contributed by atoms with E-state index in [1.165, 1.54) is 0 Å². The summed E-state index contributed by atoms with van der Waals surface area (Å²) in [6, 6.07) is 9.86. The van der Waals surface area contributed by atoms with E-state index in [1.54, 1.807) is 12.2 Å². The minimum atomic E-state index is -0.223. The number of benzene rings is 1. The molecule has 0 heterocycles. The zero-order chi connectivity index (χ0) is 15.3. The van der Waals surface area contributed by atoms with Crippen LogP contribution in [-0.4, -0.2) is 12.9 Å². The highest BCUT2D eigenvalue weighted by molar-refractivity contribution is 6.04. The molecule has 0 amide bonds. The topological polar surface area (TPSA) is 29.5 Å². The largest absolute Gasteiger partial charge is 0.294 e. The molecular weight excluding hydrogens is 262 g/mol. The summed E-state index contributed by atoms with van der Waals surface area (Å²) in [5.41, 5.74) is 1.66. The Balaban J connectivity index is 1.99. The molecule has 0 saturated heterocycles. The zero-order valence-corrected chi connectivity index (χ0v) is 13.2. The molecule has 2 unspecified atom stereocenters. The van der Waals surface area contributed by atoms with E-state index in [2.05, 4.69) is 20.8 Å². The highest BCUT2D eigenvalue weighted by Gasteiger charge is 2.64. The third kappa shape index (κ3) is 1.87. The van der Waals surface area contributed by atoms with Gasteiger partial charge in [-0.1, -0.05) is 39.0 Å². The normalized spacial score (nSPS) is 31.9. The molecule has 0 spiro atoms. The molecule has 2 aliphatic carbocycles. The van der Waals surface area contributed by atoms with Crippen LogP contribution in [-0.2, 0) is 9.63 Å². The maximum atomic E-state index is 12.8. The number of hydrogen-bond acceptors (Lipinski definition) is 3. The molecule has 0 N–H and O–H groups in total. The molecule has 2 atom stereocenters. The first-order valence-corrected chi connectivity index (χ1v) is 7.57. The molecule has 1 aromatic rings. The number of para-hydroxylation sites is 1. The van der Waals surface area contributed by atoms with E-state index in [-0.39, 0.29) is 10.8 Å². The molecule has 0 radical (unpaired) electrons. The van der Waals surface area contributed by atoms with E-state index >= 15 is 0 Å². The van der Waals surface area contributed by atoms with Crippen molar-refractivity contribution < 1.29 is 9.63 Å². The van der Waals surface area contributed by atoms with Gasteiger partial charge in [0.05, 0.1) is 12.8 Å². The summed E-state index contributed by atoms with van der Waals surface area (Å²) in [5.74, 6) is 0.623. The average molecular weight is 285 g/mol. The van der Waals surface area contributed by atoms with Gasteiger partial charge in [0.2, 0.25) is 0 Å². The second kappa shape index (κ2) is 4.70. The number of allylic oxidation sites excluding steroid dienone is 1. The predicted molar refractivity (Wildman–Crippen MR) is 83.6 cm³/mol. The smallest absolute Gasteiger partial charge is 0.167 e. The molecule has 2 fully saturated rings. The lowest BCUT2D eigenvalue weighted by molar-refractivity contribution is -0.125. The van der Waals surface area contributed by atoms with Gasteiger partial charge in [-0.2, -0.15) is 0 Å². The highest BCUT2D eigenvalue weighted by atomic mass is 16.7. The van der Waals surface area contributed by atoms with Crippen LogP contribution in [0.25, 0.3) is 0 Å². The number of nitrogens with zero attached hydrogens (tertiary/aromatic N) is 1. The molecule has 3 heteroatoms. The third-order valence-corrected chi connectivity index (χ3v) is 5.83. The van der Waals surface area contributed by atoms with E-state index in [9.17, 15) is 4.79 Å². The molecular formula is C18H23NO2. The maximum Gasteiger partial charge on any atom is 0.167 e. The Hall–Kier alpha value is -1.61. The first kappa shape index (κ1) is 14.3. The molecule has 21 heavy (non-hydrogen) atoms. The van der Waals surface area contributed by atoms with Crippen molar-refractivity contribution in [3.8, 4) is 0 Å². The fourth-order valence-corrected chi connectivity index (χ4v) is 4.01. The van der Waals surface area contributed by atoms with Crippen molar-refractivity contribution in [2.24, 2.45) is 16.7 Å². The van der Waals surface area contributed by atoms with E-state index < -0.39 is 0 Å². The first-order valence-electron chi connectivity index (χ1n) is 7.57. The van der Waals surface area contributed by atoms with E-state index in [0.29, 0.717) is 11.7 Å². The summed E-state index contributed by atoms with van der Waals surface area (Å²) >= 11 is 0. The lowest BCUT2D eigenvalue weighted by Gasteiger charge is -2.31. The van der Waals surface area contributed by atoms with Crippen LogP contribution in [0.1, 0.15) is 33.6 Å². The summed E-state index contributed by atoms with van der Waals surface area (Å²) in [7, 11) is 1.63. The fraction of sp³-hybridized carbons (Fsp3) is 0.500. The molecule has 112 valence electrons. The number of hydroxylamine groups is 1. The van der Waals surface area contributed by atoms with Crippen molar-refractivity contribution in [1.29, 1.82) is 0 Å². The molecule has 2 saturated carbocycles. The Bertz CT molecular complexity index is 590. The van der Waals surface area contributed by atoms with Gasteiger partial charge in [0, 0.05) is 17.2 Å². The standard InChI is InChI=1S/C18H23NO2/c1-17(2)15-10-11-18(17,3)16(20)14(15)12-19(21-4)13-8-6-5-7-9-13/h5-9,12,15H,10-11H2,1-4H3/b14-12-. The molecule has 0 aromatic heterocycles. The summed E-state index contributed by atoms with van der Waals surface area (Å²) < 4.78 is 0. The number of ketones is 1. The number of fused-ring (bicyclic) bond motifs is 2. The Kier molecular flexibility index (Phi) is 3.21. The van der Waals surface area contributed by atoms with Gasteiger partial charge in [-0.3, -0.25) is 9.63 Å². The van der Waals surface area contributed by atoms with Crippen LogP contribution in [0.3, 0.4) is 0 Å². The summed E-state index contributed by atoms with van der Waals surface area (Å²) in [6.45, 7) is 6.57. The minimum absolute atomic E-state index is 0.0337. The van der Waals surface area contributed by atoms with Crippen LogP contribution in [0.4, 0.5) is 5.69 Å². The van der Waals surface area contributed by atoms with Crippen LogP contribution < -0.4 is 5.06 Å². The van der Waals surface area contributed by atoms with Gasteiger partial charge in [0.15, 0.2) is 5.78 Å². The van der Waals surface area contributed by atoms with Crippen molar-refractivity contribution in [3.05, 3.63) is 42.1 Å². The highest BCUT2D eigenvalue weighted by Crippen LogP contribution is 2.65. The molecule has 2 aliphatic rings. The quantitative estimate of drug-likeness (QED) is 0.622. The van der Waals surface area contributed by atoms with Gasteiger partial charge in [0.25, 0.3) is 0 Å². The first-order chi connectivity index (χ1) is 9.91. The number of Topliss-reactive ketones (excluding diaryl/α,β-unsaturated/α-hetero) is 1. The van der Waals surface area contributed by atoms with E-state index in [0.717, 1.165) is 24.1 Å². The average Bonchev–Trinajstić information content (AvgIpc) is 2.79. The van der Waals surface area contributed by atoms with Crippen molar-refractivity contribution in [2.75, 3.05) is 12.2 Å². The minimum Gasteiger partial charge on any atom is -0.294 e. The van der Waals surface area contributed by atoms with Gasteiger partial charge in [0.1, 0.15) is 0 Å². The molecule has 1 aromatic carbocycles.